The molecule has 7 heteroatoms. The summed E-state index contributed by atoms with van der Waals surface area (Å²) in [6, 6.07) is 9.71. The van der Waals surface area contributed by atoms with Gasteiger partial charge in [-0.2, -0.15) is 0 Å². The van der Waals surface area contributed by atoms with E-state index in [1.807, 2.05) is 45.0 Å². The molecule has 1 heterocycles. The lowest BCUT2D eigenvalue weighted by atomic mass is 9.87. The first-order valence-corrected chi connectivity index (χ1v) is 10.7. The SMILES string of the molecule is Cc1cc(Nc2c(NC(C)C)c(=O)c2=O)ccc1C1NCCc2cc(Cl)cc(Cl)c21. The number of nitrogens with one attached hydrogen (secondary N) is 3. The molecule has 0 radical (unpaired) electrons. The molecule has 0 saturated heterocycles. The maximum atomic E-state index is 12.0. The van der Waals surface area contributed by atoms with Crippen LogP contribution in [-0.4, -0.2) is 12.6 Å². The van der Waals surface area contributed by atoms with Crippen molar-refractivity contribution in [3.63, 3.8) is 0 Å². The third kappa shape index (κ3) is 3.73. The van der Waals surface area contributed by atoms with Gasteiger partial charge < -0.3 is 16.0 Å². The van der Waals surface area contributed by atoms with E-state index in [9.17, 15) is 9.59 Å². The Morgan fingerprint density at radius 1 is 1.07 bits per heavy atom. The van der Waals surface area contributed by atoms with Gasteiger partial charge in [0.15, 0.2) is 0 Å². The highest BCUT2D eigenvalue weighted by molar-refractivity contribution is 6.35. The molecule has 1 unspecified atom stereocenters. The fraction of sp³-hybridized carbons (Fsp3) is 0.304. The van der Waals surface area contributed by atoms with E-state index >= 15 is 0 Å². The monoisotopic (exact) mass is 443 g/mol. The number of halogens is 2. The van der Waals surface area contributed by atoms with Crippen LogP contribution in [0.5, 0.6) is 0 Å². The van der Waals surface area contributed by atoms with Gasteiger partial charge in [0, 0.05) is 28.3 Å². The van der Waals surface area contributed by atoms with Gasteiger partial charge in [0.2, 0.25) is 0 Å². The zero-order valence-corrected chi connectivity index (χ0v) is 18.5. The number of hydrogen-bond acceptors (Lipinski definition) is 5. The van der Waals surface area contributed by atoms with Crippen LogP contribution in [0.2, 0.25) is 10.0 Å². The van der Waals surface area contributed by atoms with E-state index < -0.39 is 10.9 Å². The van der Waals surface area contributed by atoms with Crippen molar-refractivity contribution in [1.29, 1.82) is 0 Å². The summed E-state index contributed by atoms with van der Waals surface area (Å²) in [6.45, 7) is 6.71. The number of hydrogen-bond donors (Lipinski definition) is 3. The lowest BCUT2D eigenvalue weighted by Gasteiger charge is -2.30. The number of fused-ring (bicyclic) bond motifs is 1. The minimum atomic E-state index is -0.494. The minimum Gasteiger partial charge on any atom is -0.378 e. The van der Waals surface area contributed by atoms with Crippen molar-refractivity contribution in [2.75, 3.05) is 17.2 Å². The molecule has 4 rings (SSSR count). The predicted molar refractivity (Wildman–Crippen MR) is 125 cm³/mol. The first-order chi connectivity index (χ1) is 14.3. The molecule has 0 bridgehead atoms. The van der Waals surface area contributed by atoms with Crippen LogP contribution in [0.25, 0.3) is 0 Å². The van der Waals surface area contributed by atoms with Crippen molar-refractivity contribution < 1.29 is 0 Å². The smallest absolute Gasteiger partial charge is 0.253 e. The zero-order chi connectivity index (χ0) is 21.6. The average molecular weight is 444 g/mol. The largest absolute Gasteiger partial charge is 0.378 e. The highest BCUT2D eigenvalue weighted by atomic mass is 35.5. The van der Waals surface area contributed by atoms with E-state index in [1.165, 1.54) is 0 Å². The van der Waals surface area contributed by atoms with Gasteiger partial charge >= 0.3 is 0 Å². The Bertz CT molecular complexity index is 1200. The molecule has 0 fully saturated rings. The van der Waals surface area contributed by atoms with Crippen LogP contribution in [0, 0.1) is 6.92 Å². The standard InChI is InChI=1S/C23H23Cl2N3O2/c1-11(2)27-20-21(23(30)22(20)29)28-15-4-5-16(12(3)8-15)19-18-13(6-7-26-19)9-14(24)10-17(18)25/h4-5,8-11,19,26-28H,6-7H2,1-3H3. The highest BCUT2D eigenvalue weighted by Crippen LogP contribution is 2.38. The van der Waals surface area contributed by atoms with Gasteiger partial charge in [0.25, 0.3) is 10.9 Å². The molecule has 3 aromatic rings. The number of aryl methyl sites for hydroxylation is 1. The quantitative estimate of drug-likeness (QED) is 0.498. The summed E-state index contributed by atoms with van der Waals surface area (Å²) in [5.41, 5.74) is 4.83. The molecule has 0 aliphatic carbocycles. The van der Waals surface area contributed by atoms with Gasteiger partial charge in [-0.25, -0.2) is 0 Å². The van der Waals surface area contributed by atoms with Gasteiger partial charge in [0.05, 0.1) is 6.04 Å². The van der Waals surface area contributed by atoms with Crippen molar-refractivity contribution in [3.05, 3.63) is 83.1 Å². The van der Waals surface area contributed by atoms with Gasteiger partial charge in [-0.15, -0.1) is 0 Å². The van der Waals surface area contributed by atoms with E-state index in [-0.39, 0.29) is 12.1 Å². The second kappa shape index (κ2) is 8.06. The van der Waals surface area contributed by atoms with Crippen molar-refractivity contribution in [2.45, 2.75) is 39.3 Å². The third-order valence-corrected chi connectivity index (χ3v) is 5.94. The predicted octanol–water partition coefficient (Wildman–Crippen LogP) is 4.70. The zero-order valence-electron chi connectivity index (χ0n) is 17.0. The van der Waals surface area contributed by atoms with Gasteiger partial charge in [0.1, 0.15) is 11.4 Å². The summed E-state index contributed by atoms with van der Waals surface area (Å²) in [5, 5.41) is 11.0. The Morgan fingerprint density at radius 2 is 1.80 bits per heavy atom. The molecule has 0 aromatic heterocycles. The normalized spacial score (nSPS) is 16.0. The van der Waals surface area contributed by atoms with E-state index in [0.717, 1.165) is 40.9 Å². The second-order valence-corrected chi connectivity index (χ2v) is 8.84. The Labute approximate surface area is 185 Å². The average Bonchev–Trinajstić information content (AvgIpc) is 2.69. The maximum absolute atomic E-state index is 12.0. The lowest BCUT2D eigenvalue weighted by Crippen LogP contribution is -2.38. The molecular formula is C23H23Cl2N3O2. The number of anilines is 3. The molecule has 0 amide bonds. The Kier molecular flexibility index (Phi) is 5.62. The topological polar surface area (TPSA) is 70.2 Å². The molecule has 1 aliphatic heterocycles. The minimum absolute atomic E-state index is 0.0307. The van der Waals surface area contributed by atoms with Crippen LogP contribution in [0.3, 0.4) is 0 Å². The summed E-state index contributed by atoms with van der Waals surface area (Å²) >= 11 is 12.7. The van der Waals surface area contributed by atoms with Crippen LogP contribution in [0.1, 0.15) is 42.1 Å². The third-order valence-electron chi connectivity index (χ3n) is 5.40. The van der Waals surface area contributed by atoms with Crippen LogP contribution in [-0.2, 0) is 6.42 Å². The van der Waals surface area contributed by atoms with E-state index in [2.05, 4.69) is 16.0 Å². The fourth-order valence-electron chi connectivity index (χ4n) is 4.05. The van der Waals surface area contributed by atoms with Crippen LogP contribution < -0.4 is 26.8 Å². The Balaban J connectivity index is 1.65. The van der Waals surface area contributed by atoms with Crippen molar-refractivity contribution >= 4 is 40.3 Å². The fourth-order valence-corrected chi connectivity index (χ4v) is 4.69. The van der Waals surface area contributed by atoms with Crippen molar-refractivity contribution in [2.24, 2.45) is 0 Å². The summed E-state index contributed by atoms with van der Waals surface area (Å²) < 4.78 is 0. The van der Waals surface area contributed by atoms with Crippen LogP contribution in [0.4, 0.5) is 17.1 Å². The van der Waals surface area contributed by atoms with Crippen molar-refractivity contribution in [3.8, 4) is 0 Å². The molecule has 5 nitrogen and oxygen atoms in total. The molecule has 0 spiro atoms. The maximum Gasteiger partial charge on any atom is 0.253 e. The second-order valence-electron chi connectivity index (χ2n) is 8.00. The summed E-state index contributed by atoms with van der Waals surface area (Å²) in [5.74, 6) is 0. The van der Waals surface area contributed by atoms with Crippen LogP contribution >= 0.6 is 23.2 Å². The van der Waals surface area contributed by atoms with Gasteiger partial charge in [-0.05, 0) is 73.7 Å². The van der Waals surface area contributed by atoms with E-state index in [1.54, 1.807) is 6.07 Å². The molecule has 3 N–H and O–H groups in total. The molecule has 30 heavy (non-hydrogen) atoms. The number of benzene rings is 2. The first-order valence-electron chi connectivity index (χ1n) is 9.95. The Hall–Kier alpha value is -2.34. The molecule has 156 valence electrons. The van der Waals surface area contributed by atoms with Crippen molar-refractivity contribution in [1.82, 2.24) is 5.32 Å². The van der Waals surface area contributed by atoms with E-state index in [0.29, 0.717) is 21.4 Å². The summed E-state index contributed by atoms with van der Waals surface area (Å²) in [7, 11) is 0. The number of rotatable bonds is 5. The molecule has 0 saturated carbocycles. The highest BCUT2D eigenvalue weighted by Gasteiger charge is 2.26. The van der Waals surface area contributed by atoms with Gasteiger partial charge in [-0.3, -0.25) is 9.59 Å². The molecular weight excluding hydrogens is 421 g/mol. The van der Waals surface area contributed by atoms with E-state index in [4.69, 9.17) is 23.2 Å². The molecule has 1 aliphatic rings. The van der Waals surface area contributed by atoms with Gasteiger partial charge in [-0.1, -0.05) is 29.3 Å². The Morgan fingerprint density at radius 3 is 2.50 bits per heavy atom. The molecule has 1 atom stereocenters. The summed E-state index contributed by atoms with van der Waals surface area (Å²) in [6.07, 6.45) is 0.876. The van der Waals surface area contributed by atoms with Crippen LogP contribution in [0.15, 0.2) is 39.9 Å². The lowest BCUT2D eigenvalue weighted by molar-refractivity contribution is 0.566. The molecule has 3 aromatic carbocycles. The first kappa shape index (κ1) is 20.9. The summed E-state index contributed by atoms with van der Waals surface area (Å²) in [4.78, 5) is 23.9.